The van der Waals surface area contributed by atoms with Crippen molar-refractivity contribution in [3.8, 4) is 11.1 Å². The second-order valence-electron chi connectivity index (χ2n) is 6.60. The van der Waals surface area contributed by atoms with Gasteiger partial charge in [0.05, 0.1) is 16.4 Å². The van der Waals surface area contributed by atoms with E-state index in [1.807, 2.05) is 79.7 Å². The quantitative estimate of drug-likeness (QED) is 0.427. The summed E-state index contributed by atoms with van der Waals surface area (Å²) in [6.07, 6.45) is 0. The number of nitrogens with zero attached hydrogens (tertiary/aromatic N) is 1. The SMILES string of the molecule is Cc1ccc2[nH]c3nc4ccccc4c(-c4ccccc4)c3c(=O)c2c1. The highest BCUT2D eigenvalue weighted by atomic mass is 16.1. The van der Waals surface area contributed by atoms with Crippen LogP contribution in [-0.4, -0.2) is 9.97 Å². The number of aromatic amines is 1. The summed E-state index contributed by atoms with van der Waals surface area (Å²) in [5.41, 5.74) is 5.37. The van der Waals surface area contributed by atoms with E-state index >= 15 is 0 Å². The second kappa shape index (κ2) is 5.53. The van der Waals surface area contributed by atoms with Gasteiger partial charge < -0.3 is 4.98 Å². The maximum atomic E-state index is 13.4. The van der Waals surface area contributed by atoms with Crippen molar-refractivity contribution < 1.29 is 0 Å². The largest absolute Gasteiger partial charge is 0.339 e. The minimum Gasteiger partial charge on any atom is -0.339 e. The van der Waals surface area contributed by atoms with Crippen molar-refractivity contribution in [1.29, 1.82) is 0 Å². The molecule has 0 fully saturated rings. The highest BCUT2D eigenvalue weighted by molar-refractivity contribution is 6.10. The predicted molar refractivity (Wildman–Crippen MR) is 108 cm³/mol. The van der Waals surface area contributed by atoms with Crippen molar-refractivity contribution in [2.24, 2.45) is 0 Å². The van der Waals surface area contributed by atoms with Crippen molar-refractivity contribution in [1.82, 2.24) is 9.97 Å². The molecule has 0 unspecified atom stereocenters. The Labute approximate surface area is 149 Å². The molecule has 0 bridgehead atoms. The van der Waals surface area contributed by atoms with Crippen LogP contribution in [-0.2, 0) is 0 Å². The molecule has 124 valence electrons. The fraction of sp³-hybridized carbons (Fsp3) is 0.0435. The standard InChI is InChI=1S/C23H16N2O/c1-14-11-12-19-17(13-14)22(26)21-20(15-7-3-2-4-8-15)16-9-5-6-10-18(16)24-23(21)25-19/h2-13H,1H3,(H,24,25,26). The Kier molecular flexibility index (Phi) is 3.16. The van der Waals surface area contributed by atoms with E-state index in [9.17, 15) is 4.79 Å². The number of hydrogen-bond donors (Lipinski definition) is 1. The molecule has 1 N–H and O–H groups in total. The molecule has 26 heavy (non-hydrogen) atoms. The van der Waals surface area contributed by atoms with Crippen molar-refractivity contribution in [3.05, 3.63) is 88.6 Å². The number of rotatable bonds is 1. The number of pyridine rings is 2. The highest BCUT2D eigenvalue weighted by Crippen LogP contribution is 2.33. The summed E-state index contributed by atoms with van der Waals surface area (Å²) in [4.78, 5) is 21.5. The Morgan fingerprint density at radius 2 is 1.62 bits per heavy atom. The lowest BCUT2D eigenvalue weighted by Gasteiger charge is -2.12. The van der Waals surface area contributed by atoms with Crippen LogP contribution >= 0.6 is 0 Å². The van der Waals surface area contributed by atoms with Gasteiger partial charge in [0, 0.05) is 16.3 Å². The monoisotopic (exact) mass is 336 g/mol. The summed E-state index contributed by atoms with van der Waals surface area (Å²) in [6.45, 7) is 2.00. The van der Waals surface area contributed by atoms with E-state index in [0.717, 1.165) is 33.1 Å². The summed E-state index contributed by atoms with van der Waals surface area (Å²) in [6, 6.07) is 23.9. The third-order valence-corrected chi connectivity index (χ3v) is 4.85. The van der Waals surface area contributed by atoms with Gasteiger partial charge in [0.2, 0.25) is 0 Å². The molecular weight excluding hydrogens is 320 g/mol. The Morgan fingerprint density at radius 3 is 2.46 bits per heavy atom. The lowest BCUT2D eigenvalue weighted by atomic mass is 9.96. The van der Waals surface area contributed by atoms with E-state index in [1.165, 1.54) is 0 Å². The molecule has 3 nitrogen and oxygen atoms in total. The normalized spacial score (nSPS) is 11.4. The summed E-state index contributed by atoms with van der Waals surface area (Å²) in [5.74, 6) is 0. The zero-order valence-corrected chi connectivity index (χ0v) is 14.3. The molecule has 0 saturated heterocycles. The summed E-state index contributed by atoms with van der Waals surface area (Å²) < 4.78 is 0. The van der Waals surface area contributed by atoms with Gasteiger partial charge in [-0.2, -0.15) is 0 Å². The van der Waals surface area contributed by atoms with Gasteiger partial charge in [-0.25, -0.2) is 4.98 Å². The first kappa shape index (κ1) is 14.8. The minimum absolute atomic E-state index is 0.0227. The average molecular weight is 336 g/mol. The van der Waals surface area contributed by atoms with Gasteiger partial charge in [0.15, 0.2) is 5.43 Å². The Morgan fingerprint density at radius 1 is 0.846 bits per heavy atom. The van der Waals surface area contributed by atoms with Gasteiger partial charge >= 0.3 is 0 Å². The number of fused-ring (bicyclic) bond motifs is 3. The first-order valence-corrected chi connectivity index (χ1v) is 8.63. The predicted octanol–water partition coefficient (Wildman–Crippen LogP) is 5.20. The van der Waals surface area contributed by atoms with E-state index < -0.39 is 0 Å². The Hall–Kier alpha value is -3.46. The van der Waals surface area contributed by atoms with Crippen molar-refractivity contribution >= 4 is 32.8 Å². The molecule has 0 aliphatic carbocycles. The van der Waals surface area contributed by atoms with Crippen LogP contribution in [0, 0.1) is 6.92 Å². The van der Waals surface area contributed by atoms with Crippen LogP contribution in [0.1, 0.15) is 5.56 Å². The fourth-order valence-electron chi connectivity index (χ4n) is 3.65. The molecule has 5 rings (SSSR count). The maximum absolute atomic E-state index is 13.4. The molecule has 0 saturated carbocycles. The van der Waals surface area contributed by atoms with Gasteiger partial charge in [0.1, 0.15) is 5.65 Å². The van der Waals surface area contributed by atoms with Crippen molar-refractivity contribution in [2.45, 2.75) is 6.92 Å². The summed E-state index contributed by atoms with van der Waals surface area (Å²) in [5, 5.41) is 2.34. The van der Waals surface area contributed by atoms with E-state index in [0.29, 0.717) is 16.4 Å². The second-order valence-corrected chi connectivity index (χ2v) is 6.60. The number of para-hydroxylation sites is 1. The number of aromatic nitrogens is 2. The van der Waals surface area contributed by atoms with Crippen LogP contribution < -0.4 is 5.43 Å². The van der Waals surface area contributed by atoms with E-state index in [4.69, 9.17) is 4.98 Å². The zero-order chi connectivity index (χ0) is 17.7. The van der Waals surface area contributed by atoms with E-state index in [2.05, 4.69) is 4.98 Å². The third kappa shape index (κ3) is 2.14. The van der Waals surface area contributed by atoms with Gasteiger partial charge in [-0.05, 0) is 30.7 Å². The first-order valence-electron chi connectivity index (χ1n) is 8.63. The number of H-pyrrole nitrogens is 1. The van der Waals surface area contributed by atoms with Crippen LogP contribution in [0.5, 0.6) is 0 Å². The van der Waals surface area contributed by atoms with Crippen LogP contribution in [0.2, 0.25) is 0 Å². The molecule has 0 spiro atoms. The number of aryl methyl sites for hydroxylation is 1. The summed E-state index contributed by atoms with van der Waals surface area (Å²) in [7, 11) is 0. The third-order valence-electron chi connectivity index (χ3n) is 4.85. The molecule has 2 aromatic heterocycles. The van der Waals surface area contributed by atoms with Crippen LogP contribution in [0.25, 0.3) is 44.0 Å². The summed E-state index contributed by atoms with van der Waals surface area (Å²) >= 11 is 0. The molecule has 0 aliphatic heterocycles. The molecule has 0 aliphatic rings. The Bertz CT molecular complexity index is 1350. The molecule has 3 aromatic carbocycles. The Balaban J connectivity index is 2.08. The van der Waals surface area contributed by atoms with E-state index in [-0.39, 0.29) is 5.43 Å². The van der Waals surface area contributed by atoms with Gasteiger partial charge in [-0.1, -0.05) is 60.2 Å². The molecule has 0 amide bonds. The van der Waals surface area contributed by atoms with Crippen molar-refractivity contribution in [3.63, 3.8) is 0 Å². The maximum Gasteiger partial charge on any atom is 0.199 e. The highest BCUT2D eigenvalue weighted by Gasteiger charge is 2.16. The zero-order valence-electron chi connectivity index (χ0n) is 14.3. The lowest BCUT2D eigenvalue weighted by Crippen LogP contribution is -2.08. The lowest BCUT2D eigenvalue weighted by molar-refractivity contribution is 1.36. The molecule has 5 aromatic rings. The number of hydrogen-bond acceptors (Lipinski definition) is 2. The molecule has 3 heteroatoms. The number of nitrogens with one attached hydrogen (secondary N) is 1. The van der Waals surface area contributed by atoms with Gasteiger partial charge in [-0.3, -0.25) is 4.79 Å². The smallest absolute Gasteiger partial charge is 0.199 e. The van der Waals surface area contributed by atoms with Crippen LogP contribution in [0.4, 0.5) is 0 Å². The molecular formula is C23H16N2O. The van der Waals surface area contributed by atoms with Gasteiger partial charge in [-0.15, -0.1) is 0 Å². The van der Waals surface area contributed by atoms with E-state index in [1.54, 1.807) is 0 Å². The average Bonchev–Trinajstić information content (AvgIpc) is 2.68. The molecule has 0 radical (unpaired) electrons. The topological polar surface area (TPSA) is 45.8 Å². The molecule has 2 heterocycles. The van der Waals surface area contributed by atoms with Gasteiger partial charge in [0.25, 0.3) is 0 Å². The van der Waals surface area contributed by atoms with Crippen LogP contribution in [0.15, 0.2) is 77.6 Å². The fourth-order valence-corrected chi connectivity index (χ4v) is 3.65. The minimum atomic E-state index is 0.0227. The first-order chi connectivity index (χ1) is 12.7. The molecule has 0 atom stereocenters. The number of benzene rings is 3. The van der Waals surface area contributed by atoms with Crippen molar-refractivity contribution in [2.75, 3.05) is 0 Å². The van der Waals surface area contributed by atoms with Crippen LogP contribution in [0.3, 0.4) is 0 Å².